The second-order valence-corrected chi connectivity index (χ2v) is 5.80. The van der Waals surface area contributed by atoms with Crippen LogP contribution in [0.1, 0.15) is 23.1 Å². The lowest BCUT2D eigenvalue weighted by molar-refractivity contribution is -0.142. The Kier molecular flexibility index (Phi) is 5.80. The van der Waals surface area contributed by atoms with E-state index in [1.54, 1.807) is 18.5 Å². The summed E-state index contributed by atoms with van der Waals surface area (Å²) >= 11 is 1.14. The number of esters is 1. The van der Waals surface area contributed by atoms with Crippen LogP contribution in [0.15, 0.2) is 23.4 Å². The lowest BCUT2D eigenvalue weighted by Gasteiger charge is -2.05. The highest BCUT2D eigenvalue weighted by Gasteiger charge is 2.17. The molecule has 9 heteroatoms. The van der Waals surface area contributed by atoms with Gasteiger partial charge in [0.1, 0.15) is 23.7 Å². The predicted octanol–water partition coefficient (Wildman–Crippen LogP) is 1.31. The summed E-state index contributed by atoms with van der Waals surface area (Å²) in [6.07, 6.45) is 0.00456. The van der Waals surface area contributed by atoms with Gasteiger partial charge in [-0.15, -0.1) is 10.2 Å². The number of thioether (sulfide) groups is 1. The minimum atomic E-state index is -0.394. The summed E-state index contributed by atoms with van der Waals surface area (Å²) < 4.78 is 6.48. The van der Waals surface area contributed by atoms with Gasteiger partial charge in [0.2, 0.25) is 0 Å². The molecule has 1 heterocycles. The maximum absolute atomic E-state index is 12.1. The number of phenols is 2. The highest BCUT2D eigenvalue weighted by atomic mass is 32.2. The molecule has 0 saturated heterocycles. The van der Waals surface area contributed by atoms with Gasteiger partial charge in [0.25, 0.3) is 0 Å². The van der Waals surface area contributed by atoms with Crippen molar-refractivity contribution < 1.29 is 24.5 Å². The topological polar surface area (TPSA) is 115 Å². The highest BCUT2D eigenvalue weighted by molar-refractivity contribution is 7.99. The van der Waals surface area contributed by atoms with Crippen LogP contribution in [-0.2, 0) is 23.0 Å². The van der Waals surface area contributed by atoms with Gasteiger partial charge < -0.3 is 19.5 Å². The molecule has 0 aliphatic heterocycles. The Balaban J connectivity index is 2.00. The van der Waals surface area contributed by atoms with Crippen LogP contribution in [0.2, 0.25) is 0 Å². The zero-order valence-corrected chi connectivity index (χ0v) is 14.0. The van der Waals surface area contributed by atoms with Gasteiger partial charge in [0.15, 0.2) is 10.9 Å². The van der Waals surface area contributed by atoms with E-state index in [1.165, 1.54) is 12.1 Å². The number of nitrogens with zero attached hydrogens (tertiary/aromatic N) is 3. The summed E-state index contributed by atoms with van der Waals surface area (Å²) in [6.45, 7) is 2.02. The van der Waals surface area contributed by atoms with Crippen molar-refractivity contribution in [3.8, 4) is 11.5 Å². The lowest BCUT2D eigenvalue weighted by Crippen LogP contribution is -2.11. The van der Waals surface area contributed by atoms with Crippen LogP contribution < -0.4 is 0 Å². The third kappa shape index (κ3) is 4.25. The second-order valence-electron chi connectivity index (χ2n) is 4.85. The van der Waals surface area contributed by atoms with Gasteiger partial charge >= 0.3 is 5.97 Å². The first kappa shape index (κ1) is 17.8. The normalized spacial score (nSPS) is 10.6. The van der Waals surface area contributed by atoms with Crippen molar-refractivity contribution in [3.63, 3.8) is 0 Å². The number of aromatic hydroxyl groups is 2. The van der Waals surface area contributed by atoms with Crippen molar-refractivity contribution in [2.24, 2.45) is 7.05 Å². The molecule has 0 spiro atoms. The molecule has 2 N–H and O–H groups in total. The summed E-state index contributed by atoms with van der Waals surface area (Å²) in [5.74, 6) is -0.628. The average Bonchev–Trinajstić information content (AvgIpc) is 2.85. The Morgan fingerprint density at radius 2 is 2.04 bits per heavy atom. The number of rotatable bonds is 7. The molecule has 128 valence electrons. The molecule has 0 amide bonds. The second kappa shape index (κ2) is 7.82. The maximum Gasteiger partial charge on any atom is 0.313 e. The minimum Gasteiger partial charge on any atom is -0.508 e. The fourth-order valence-corrected chi connectivity index (χ4v) is 2.74. The number of ether oxygens (including phenoxy) is 1. The Labute approximate surface area is 142 Å². The van der Waals surface area contributed by atoms with Crippen molar-refractivity contribution in [1.82, 2.24) is 14.8 Å². The van der Waals surface area contributed by atoms with E-state index in [2.05, 4.69) is 10.2 Å². The molecule has 0 aliphatic rings. The van der Waals surface area contributed by atoms with E-state index in [9.17, 15) is 19.8 Å². The van der Waals surface area contributed by atoms with Gasteiger partial charge in [-0.1, -0.05) is 11.8 Å². The lowest BCUT2D eigenvalue weighted by atomic mass is 10.1. The minimum absolute atomic E-state index is 0.00456. The molecule has 1 aromatic heterocycles. The summed E-state index contributed by atoms with van der Waals surface area (Å²) in [7, 11) is 1.69. The molecular weight excluding hydrogens is 334 g/mol. The molecule has 1 aromatic carbocycles. The molecule has 2 aromatic rings. The van der Waals surface area contributed by atoms with Crippen LogP contribution in [0, 0.1) is 0 Å². The number of ketones is 1. The molecule has 0 fully saturated rings. The highest BCUT2D eigenvalue weighted by Crippen LogP contribution is 2.25. The van der Waals surface area contributed by atoms with Gasteiger partial charge in [-0.05, 0) is 19.1 Å². The molecule has 0 atom stereocenters. The van der Waals surface area contributed by atoms with Gasteiger partial charge in [0.05, 0.1) is 17.9 Å². The van der Waals surface area contributed by atoms with Crippen LogP contribution >= 0.6 is 11.8 Å². The van der Waals surface area contributed by atoms with E-state index in [-0.39, 0.29) is 35.0 Å². The largest absolute Gasteiger partial charge is 0.508 e. The maximum atomic E-state index is 12.1. The Morgan fingerprint density at radius 3 is 2.71 bits per heavy atom. The van der Waals surface area contributed by atoms with Crippen LogP contribution in [0.25, 0.3) is 0 Å². The van der Waals surface area contributed by atoms with Gasteiger partial charge in [-0.25, -0.2) is 0 Å². The molecule has 24 heavy (non-hydrogen) atoms. The van der Waals surface area contributed by atoms with Gasteiger partial charge in [-0.3, -0.25) is 9.59 Å². The third-order valence-corrected chi connectivity index (χ3v) is 4.17. The smallest absolute Gasteiger partial charge is 0.313 e. The van der Waals surface area contributed by atoms with E-state index in [1.807, 2.05) is 0 Å². The number of carbonyl (C=O) groups is 2. The first-order chi connectivity index (χ1) is 11.4. The first-order valence-electron chi connectivity index (χ1n) is 7.14. The molecular formula is C15H17N3O5S. The van der Waals surface area contributed by atoms with Crippen LogP contribution in [0.3, 0.4) is 0 Å². The van der Waals surface area contributed by atoms with Crippen molar-refractivity contribution in [2.45, 2.75) is 18.5 Å². The fourth-order valence-electron chi connectivity index (χ4n) is 1.93. The van der Waals surface area contributed by atoms with Crippen LogP contribution in [-0.4, -0.2) is 49.1 Å². The number of aromatic nitrogens is 3. The van der Waals surface area contributed by atoms with Crippen molar-refractivity contribution >= 4 is 23.5 Å². The zero-order chi connectivity index (χ0) is 17.7. The number of phenolic OH excluding ortho intramolecular Hbond substituents is 2. The van der Waals surface area contributed by atoms with E-state index in [0.717, 1.165) is 17.8 Å². The van der Waals surface area contributed by atoms with Crippen molar-refractivity contribution in [1.29, 1.82) is 0 Å². The first-order valence-corrected chi connectivity index (χ1v) is 8.12. The van der Waals surface area contributed by atoms with Crippen LogP contribution in [0.4, 0.5) is 0 Å². The standard InChI is InChI=1S/C15H17N3O5S/c1-3-23-14(22)7-13-16-17-15(18(13)2)24-8-12(21)10-5-4-9(19)6-11(10)20/h4-6,19-20H,3,7-8H2,1-2H3. The average molecular weight is 351 g/mol. The number of hydrogen-bond donors (Lipinski definition) is 2. The predicted molar refractivity (Wildman–Crippen MR) is 86.2 cm³/mol. The number of carbonyl (C=O) groups excluding carboxylic acids is 2. The van der Waals surface area contributed by atoms with Gasteiger partial charge in [-0.2, -0.15) is 0 Å². The van der Waals surface area contributed by atoms with E-state index >= 15 is 0 Å². The molecule has 0 bridgehead atoms. The van der Waals surface area contributed by atoms with Gasteiger partial charge in [0, 0.05) is 13.1 Å². The summed E-state index contributed by atoms with van der Waals surface area (Å²) in [6, 6.07) is 3.80. The SMILES string of the molecule is CCOC(=O)Cc1nnc(SCC(=O)c2ccc(O)cc2O)n1C. The molecule has 2 rings (SSSR count). The van der Waals surface area contributed by atoms with E-state index < -0.39 is 5.97 Å². The number of benzene rings is 1. The molecule has 0 aliphatic carbocycles. The van der Waals surface area contributed by atoms with E-state index in [0.29, 0.717) is 17.6 Å². The molecule has 0 unspecified atom stereocenters. The molecule has 8 nitrogen and oxygen atoms in total. The Bertz CT molecular complexity index is 760. The molecule has 0 saturated carbocycles. The third-order valence-electron chi connectivity index (χ3n) is 3.15. The number of Topliss-reactive ketones (excluding diaryl/α,β-unsaturated/α-hetero) is 1. The fraction of sp³-hybridized carbons (Fsp3) is 0.333. The summed E-state index contributed by atoms with van der Waals surface area (Å²) in [5.41, 5.74) is 0.120. The number of hydrogen-bond acceptors (Lipinski definition) is 8. The Hall–Kier alpha value is -2.55. The monoisotopic (exact) mass is 351 g/mol. The summed E-state index contributed by atoms with van der Waals surface area (Å²) in [5, 5.41) is 27.3. The van der Waals surface area contributed by atoms with Crippen LogP contribution in [0.5, 0.6) is 11.5 Å². The molecule has 0 radical (unpaired) electrons. The van der Waals surface area contributed by atoms with E-state index in [4.69, 9.17) is 4.74 Å². The zero-order valence-electron chi connectivity index (χ0n) is 13.2. The summed E-state index contributed by atoms with van der Waals surface area (Å²) in [4.78, 5) is 23.6. The quantitative estimate of drug-likeness (QED) is 0.436. The van der Waals surface area contributed by atoms with Crippen molar-refractivity contribution in [2.75, 3.05) is 12.4 Å². The Morgan fingerprint density at radius 1 is 1.29 bits per heavy atom. The van der Waals surface area contributed by atoms with Crippen molar-refractivity contribution in [3.05, 3.63) is 29.6 Å².